The topological polar surface area (TPSA) is 70.5 Å². The maximum absolute atomic E-state index is 6.58. The molecule has 0 spiro atoms. The first-order valence-electron chi connectivity index (χ1n) is 13.0. The molecule has 0 heterocycles. The predicted molar refractivity (Wildman–Crippen MR) is 123 cm³/mol. The second kappa shape index (κ2) is 9.00. The van der Waals surface area contributed by atoms with Gasteiger partial charge >= 0.3 is 0 Å². The standard InChI is InChI=1S/C26H48N2O2/c1-17(2)20-5-6-21-24-22(8-10-26(20,21)4)25(3)9-7-19(29-13-11-27)15-18(25)16-23(24)30-14-12-28/h17-24H,5-16,27-28H2,1-4H3/t18?,19?,20-,21+,22+,23-,24?,25+,26-/m1/s1. The summed E-state index contributed by atoms with van der Waals surface area (Å²) < 4.78 is 12.7. The van der Waals surface area contributed by atoms with Crippen LogP contribution in [0.1, 0.15) is 79.1 Å². The average molecular weight is 421 g/mol. The van der Waals surface area contributed by atoms with Crippen molar-refractivity contribution >= 4 is 0 Å². The van der Waals surface area contributed by atoms with Crippen LogP contribution >= 0.6 is 0 Å². The molecule has 4 aliphatic rings. The predicted octanol–water partition coefficient (Wildman–Crippen LogP) is 4.60. The van der Waals surface area contributed by atoms with Gasteiger partial charge in [0.15, 0.2) is 0 Å². The SMILES string of the molecule is CC(C)[C@H]1CC[C@H]2C3[C@H](OCCN)CC4CC(OCCN)CC[C@]4(C)[C@H]3CC[C@]12C. The van der Waals surface area contributed by atoms with Gasteiger partial charge in [0.2, 0.25) is 0 Å². The summed E-state index contributed by atoms with van der Waals surface area (Å²) in [5.74, 6) is 4.74. The van der Waals surface area contributed by atoms with Crippen molar-refractivity contribution < 1.29 is 9.47 Å². The summed E-state index contributed by atoms with van der Waals surface area (Å²) in [6.45, 7) is 12.8. The van der Waals surface area contributed by atoms with E-state index in [4.69, 9.17) is 20.9 Å². The van der Waals surface area contributed by atoms with E-state index < -0.39 is 0 Å². The van der Waals surface area contributed by atoms with Crippen LogP contribution < -0.4 is 11.5 Å². The summed E-state index contributed by atoms with van der Waals surface area (Å²) in [6, 6.07) is 0. The van der Waals surface area contributed by atoms with E-state index in [2.05, 4.69) is 27.7 Å². The van der Waals surface area contributed by atoms with Crippen LogP contribution in [-0.4, -0.2) is 38.5 Å². The lowest BCUT2D eigenvalue weighted by molar-refractivity contribution is -0.190. The van der Waals surface area contributed by atoms with E-state index in [0.29, 0.717) is 55.3 Å². The zero-order chi connectivity index (χ0) is 21.5. The lowest BCUT2D eigenvalue weighted by atomic mass is 9.43. The highest BCUT2D eigenvalue weighted by Crippen LogP contribution is 2.68. The minimum Gasteiger partial charge on any atom is -0.377 e. The van der Waals surface area contributed by atoms with Gasteiger partial charge in [0.1, 0.15) is 0 Å². The minimum atomic E-state index is 0.389. The lowest BCUT2D eigenvalue weighted by Crippen LogP contribution is -2.59. The minimum absolute atomic E-state index is 0.389. The van der Waals surface area contributed by atoms with Crippen molar-refractivity contribution in [2.24, 2.45) is 57.8 Å². The lowest BCUT2D eigenvalue weighted by Gasteiger charge is -2.63. The Kier molecular flexibility index (Phi) is 6.90. The quantitative estimate of drug-likeness (QED) is 0.631. The number of hydrogen-bond donors (Lipinski definition) is 2. The molecule has 4 nitrogen and oxygen atoms in total. The van der Waals surface area contributed by atoms with Crippen LogP contribution in [0.3, 0.4) is 0 Å². The third-order valence-corrected chi connectivity index (χ3v) is 10.4. The molecule has 4 rings (SSSR count). The van der Waals surface area contributed by atoms with Crippen molar-refractivity contribution in [3.05, 3.63) is 0 Å². The summed E-state index contributed by atoms with van der Waals surface area (Å²) in [4.78, 5) is 0. The van der Waals surface area contributed by atoms with Gasteiger partial charge in [-0.1, -0.05) is 27.7 Å². The maximum Gasteiger partial charge on any atom is 0.0612 e. The molecule has 9 atom stereocenters. The van der Waals surface area contributed by atoms with E-state index in [1.165, 1.54) is 51.4 Å². The highest BCUT2D eigenvalue weighted by molar-refractivity contribution is 5.12. The van der Waals surface area contributed by atoms with Crippen molar-refractivity contribution in [3.63, 3.8) is 0 Å². The number of hydrogen-bond acceptors (Lipinski definition) is 4. The Balaban J connectivity index is 1.60. The average Bonchev–Trinajstić information content (AvgIpc) is 3.08. The van der Waals surface area contributed by atoms with Crippen molar-refractivity contribution in [1.82, 2.24) is 0 Å². The molecule has 4 fully saturated rings. The zero-order valence-corrected chi connectivity index (χ0v) is 20.1. The Bertz CT molecular complexity index is 583. The Labute approximate surface area is 185 Å². The molecule has 0 aliphatic heterocycles. The molecule has 0 amide bonds. The fourth-order valence-corrected chi connectivity index (χ4v) is 9.07. The molecule has 174 valence electrons. The van der Waals surface area contributed by atoms with Gasteiger partial charge in [-0.2, -0.15) is 0 Å². The number of nitrogens with two attached hydrogens (primary N) is 2. The number of rotatable bonds is 7. The molecular weight excluding hydrogens is 372 g/mol. The second-order valence-corrected chi connectivity index (χ2v) is 12.0. The van der Waals surface area contributed by atoms with E-state index in [0.717, 1.165) is 29.6 Å². The van der Waals surface area contributed by atoms with Crippen LogP contribution in [0.5, 0.6) is 0 Å². The molecule has 4 saturated carbocycles. The molecule has 0 aromatic heterocycles. The second-order valence-electron chi connectivity index (χ2n) is 12.0. The van der Waals surface area contributed by atoms with Gasteiger partial charge in [-0.3, -0.25) is 0 Å². The summed E-state index contributed by atoms with van der Waals surface area (Å²) in [6.07, 6.45) is 11.3. The first-order chi connectivity index (χ1) is 14.3. The van der Waals surface area contributed by atoms with Crippen molar-refractivity contribution in [3.8, 4) is 0 Å². The van der Waals surface area contributed by atoms with Crippen molar-refractivity contribution in [1.29, 1.82) is 0 Å². The van der Waals surface area contributed by atoms with E-state index in [1.54, 1.807) is 0 Å². The molecule has 0 saturated heterocycles. The smallest absolute Gasteiger partial charge is 0.0612 e. The largest absolute Gasteiger partial charge is 0.377 e. The molecule has 0 aromatic rings. The fourth-order valence-electron chi connectivity index (χ4n) is 9.07. The highest BCUT2D eigenvalue weighted by atomic mass is 16.5. The third kappa shape index (κ3) is 3.78. The van der Waals surface area contributed by atoms with E-state index >= 15 is 0 Å². The molecular formula is C26H48N2O2. The van der Waals surface area contributed by atoms with Crippen LogP contribution in [0, 0.1) is 46.3 Å². The Morgan fingerprint density at radius 1 is 0.833 bits per heavy atom. The van der Waals surface area contributed by atoms with Gasteiger partial charge in [-0.15, -0.1) is 0 Å². The van der Waals surface area contributed by atoms with Gasteiger partial charge < -0.3 is 20.9 Å². The highest BCUT2D eigenvalue weighted by Gasteiger charge is 2.63. The monoisotopic (exact) mass is 420 g/mol. The molecule has 0 bridgehead atoms. The Hall–Kier alpha value is -0.160. The van der Waals surface area contributed by atoms with Crippen LogP contribution in [-0.2, 0) is 9.47 Å². The van der Waals surface area contributed by atoms with Crippen LogP contribution in [0.15, 0.2) is 0 Å². The number of fused-ring (bicyclic) bond motifs is 5. The van der Waals surface area contributed by atoms with Crippen molar-refractivity contribution in [2.75, 3.05) is 26.3 Å². The van der Waals surface area contributed by atoms with E-state index in [1.807, 2.05) is 0 Å². The summed E-state index contributed by atoms with van der Waals surface area (Å²) in [5, 5.41) is 0. The molecule has 4 N–H and O–H groups in total. The molecule has 0 radical (unpaired) electrons. The first-order valence-corrected chi connectivity index (χ1v) is 13.0. The molecule has 4 aliphatic carbocycles. The van der Waals surface area contributed by atoms with Gasteiger partial charge in [-0.05, 0) is 97.7 Å². The van der Waals surface area contributed by atoms with E-state index in [-0.39, 0.29) is 0 Å². The first kappa shape index (κ1) is 23.0. The molecule has 3 unspecified atom stereocenters. The van der Waals surface area contributed by atoms with Gasteiger partial charge in [-0.25, -0.2) is 0 Å². The summed E-state index contributed by atoms with van der Waals surface area (Å²) >= 11 is 0. The Morgan fingerprint density at radius 2 is 1.50 bits per heavy atom. The molecule has 4 heteroatoms. The Morgan fingerprint density at radius 3 is 2.20 bits per heavy atom. The fraction of sp³-hybridized carbons (Fsp3) is 1.00. The third-order valence-electron chi connectivity index (χ3n) is 10.4. The number of ether oxygens (including phenoxy) is 2. The summed E-state index contributed by atoms with van der Waals surface area (Å²) in [5.41, 5.74) is 12.5. The van der Waals surface area contributed by atoms with Crippen LogP contribution in [0.25, 0.3) is 0 Å². The summed E-state index contributed by atoms with van der Waals surface area (Å²) in [7, 11) is 0. The van der Waals surface area contributed by atoms with Crippen LogP contribution in [0.2, 0.25) is 0 Å². The zero-order valence-electron chi connectivity index (χ0n) is 20.1. The molecule has 0 aromatic carbocycles. The van der Waals surface area contributed by atoms with Gasteiger partial charge in [0, 0.05) is 13.1 Å². The van der Waals surface area contributed by atoms with Crippen molar-refractivity contribution in [2.45, 2.75) is 91.3 Å². The normalized spacial score (nSPS) is 48.3. The van der Waals surface area contributed by atoms with E-state index in [9.17, 15) is 0 Å². The molecule has 30 heavy (non-hydrogen) atoms. The van der Waals surface area contributed by atoms with Gasteiger partial charge in [0.05, 0.1) is 25.4 Å². The van der Waals surface area contributed by atoms with Gasteiger partial charge in [0.25, 0.3) is 0 Å². The maximum atomic E-state index is 6.58. The van der Waals surface area contributed by atoms with Crippen LogP contribution in [0.4, 0.5) is 0 Å².